The van der Waals surface area contributed by atoms with E-state index in [1.807, 2.05) is 27.7 Å². The van der Waals surface area contributed by atoms with E-state index in [-0.39, 0.29) is 17.7 Å². The summed E-state index contributed by atoms with van der Waals surface area (Å²) in [4.78, 5) is 0. The first-order valence-electron chi connectivity index (χ1n) is 17.5. The van der Waals surface area contributed by atoms with Crippen molar-refractivity contribution in [3.05, 3.63) is 130 Å². The second-order valence-corrected chi connectivity index (χ2v) is 12.5. The lowest BCUT2D eigenvalue weighted by molar-refractivity contribution is -0.143. The Balaban J connectivity index is 0.000000386. The molecule has 0 fully saturated rings. The van der Waals surface area contributed by atoms with Gasteiger partial charge in [0.25, 0.3) is 0 Å². The van der Waals surface area contributed by atoms with Gasteiger partial charge in [0.05, 0.1) is 22.3 Å². The predicted molar refractivity (Wildman–Crippen MR) is 198 cm³/mol. The number of nitrogens with two attached hydrogens (primary N) is 2. The third-order valence-electron chi connectivity index (χ3n) is 7.67. The Bertz CT molecular complexity index is 1660. The van der Waals surface area contributed by atoms with Crippen molar-refractivity contribution < 1.29 is 52.7 Å². The lowest BCUT2D eigenvalue weighted by Crippen LogP contribution is -2.16. The van der Waals surface area contributed by atoms with E-state index in [2.05, 4.69) is 41.8 Å². The molecule has 0 aliphatic heterocycles. The Morgan fingerprint density at radius 3 is 1.39 bits per heavy atom. The summed E-state index contributed by atoms with van der Waals surface area (Å²) in [6.07, 6.45) is -16.4. The van der Waals surface area contributed by atoms with Crippen LogP contribution in [0.25, 0.3) is 0 Å². The van der Waals surface area contributed by atoms with Crippen LogP contribution in [0.5, 0.6) is 0 Å². The molecule has 16 heteroatoms. The fourth-order valence-electron chi connectivity index (χ4n) is 4.64. The molecule has 312 valence electrons. The van der Waals surface area contributed by atoms with E-state index >= 15 is 0 Å². The molecule has 0 aromatic heterocycles. The predicted octanol–water partition coefficient (Wildman–Crippen LogP) is 13.2. The van der Waals surface area contributed by atoms with Crippen molar-refractivity contribution in [2.24, 2.45) is 11.5 Å². The molecule has 0 bridgehead atoms. The fraction of sp³-hybridized carbons (Fsp3) is 0.400. The number of halogens is 12. The van der Waals surface area contributed by atoms with Gasteiger partial charge in [0.2, 0.25) is 0 Å². The molecule has 56 heavy (non-hydrogen) atoms. The highest BCUT2D eigenvalue weighted by molar-refractivity contribution is 5.46. The number of aryl methyl sites for hydroxylation is 1. The Morgan fingerprint density at radius 1 is 0.518 bits per heavy atom. The van der Waals surface area contributed by atoms with Crippen molar-refractivity contribution in [1.82, 2.24) is 0 Å². The van der Waals surface area contributed by atoms with Gasteiger partial charge < -0.3 is 22.1 Å². The monoisotopic (exact) mass is 812 g/mol. The van der Waals surface area contributed by atoms with Crippen molar-refractivity contribution in [2.45, 2.75) is 90.7 Å². The van der Waals surface area contributed by atoms with E-state index in [1.165, 1.54) is 29.3 Å². The summed E-state index contributed by atoms with van der Waals surface area (Å²) in [7, 11) is 0. The molecule has 0 saturated carbocycles. The number of hydrogen-bond donors (Lipinski definition) is 4. The minimum Gasteiger partial charge on any atom is -0.385 e. The number of anilines is 2. The van der Waals surface area contributed by atoms with Crippen LogP contribution in [-0.2, 0) is 24.7 Å². The molecule has 4 nitrogen and oxygen atoms in total. The van der Waals surface area contributed by atoms with Gasteiger partial charge >= 0.3 is 24.7 Å². The van der Waals surface area contributed by atoms with Crippen molar-refractivity contribution >= 4 is 11.4 Å². The molecule has 0 heterocycles. The smallest absolute Gasteiger partial charge is 0.385 e. The SMILES string of the molecule is CCCCC(N)c1cc(C(F)(F)F)cc(C(F)(F)F)c1.CCNc1ccc(C(F)(F)F)cc1.CCNc1cccc(C(F)(F)F)c1.Cc1ccc(C(C)N)cc1. The zero-order valence-corrected chi connectivity index (χ0v) is 31.5. The number of benzene rings is 4. The number of rotatable bonds is 9. The van der Waals surface area contributed by atoms with E-state index in [1.54, 1.807) is 6.07 Å². The van der Waals surface area contributed by atoms with Gasteiger partial charge in [-0.15, -0.1) is 0 Å². The van der Waals surface area contributed by atoms with E-state index in [0.717, 1.165) is 30.7 Å². The van der Waals surface area contributed by atoms with Gasteiger partial charge in [-0.1, -0.05) is 55.7 Å². The van der Waals surface area contributed by atoms with Crippen molar-refractivity contribution in [1.29, 1.82) is 0 Å². The Kier molecular flexibility index (Phi) is 19.8. The van der Waals surface area contributed by atoms with Gasteiger partial charge in [-0.25, -0.2) is 0 Å². The molecule has 0 radical (unpaired) electrons. The van der Waals surface area contributed by atoms with Crippen molar-refractivity contribution in [3.8, 4) is 0 Å². The first-order valence-corrected chi connectivity index (χ1v) is 17.5. The van der Waals surface area contributed by atoms with Crippen LogP contribution in [0.15, 0.2) is 91.0 Å². The first-order chi connectivity index (χ1) is 25.8. The van der Waals surface area contributed by atoms with Crippen LogP contribution in [0.3, 0.4) is 0 Å². The second-order valence-electron chi connectivity index (χ2n) is 12.5. The van der Waals surface area contributed by atoms with Gasteiger partial charge in [0.1, 0.15) is 0 Å². The second kappa shape index (κ2) is 22.3. The van der Waals surface area contributed by atoms with Crippen LogP contribution in [0, 0.1) is 6.92 Å². The minimum absolute atomic E-state index is 0.107. The lowest BCUT2D eigenvalue weighted by Gasteiger charge is -2.17. The minimum atomic E-state index is -4.83. The molecule has 0 aliphatic carbocycles. The van der Waals surface area contributed by atoms with Gasteiger partial charge in [0.15, 0.2) is 0 Å². The average Bonchev–Trinajstić information content (AvgIpc) is 3.10. The highest BCUT2D eigenvalue weighted by Gasteiger charge is 2.37. The molecular formula is C40H48F12N4. The summed E-state index contributed by atoms with van der Waals surface area (Å²) in [6, 6.07) is 19.2. The molecule has 2 atom stereocenters. The Labute approximate surface area is 319 Å². The maximum Gasteiger partial charge on any atom is 0.416 e. The molecule has 0 saturated heterocycles. The van der Waals surface area contributed by atoms with Crippen LogP contribution in [0.4, 0.5) is 64.1 Å². The third-order valence-corrected chi connectivity index (χ3v) is 7.67. The lowest BCUT2D eigenvalue weighted by atomic mass is 9.97. The summed E-state index contributed by atoms with van der Waals surface area (Å²) in [5, 5.41) is 5.74. The number of unbranched alkanes of at least 4 members (excludes halogenated alkanes) is 1. The largest absolute Gasteiger partial charge is 0.416 e. The molecule has 4 aromatic carbocycles. The molecule has 0 spiro atoms. The molecule has 6 N–H and O–H groups in total. The average molecular weight is 813 g/mol. The van der Waals surface area contributed by atoms with Gasteiger partial charge in [0, 0.05) is 36.5 Å². The van der Waals surface area contributed by atoms with Crippen LogP contribution < -0.4 is 22.1 Å². The van der Waals surface area contributed by atoms with Gasteiger partial charge in [-0.05, 0) is 106 Å². The van der Waals surface area contributed by atoms with Crippen molar-refractivity contribution in [3.63, 3.8) is 0 Å². The Hall–Kier alpha value is -4.44. The van der Waals surface area contributed by atoms with E-state index in [0.29, 0.717) is 49.4 Å². The summed E-state index contributed by atoms with van der Waals surface area (Å²) < 4.78 is 149. The fourth-order valence-corrected chi connectivity index (χ4v) is 4.64. The highest BCUT2D eigenvalue weighted by atomic mass is 19.4. The Morgan fingerprint density at radius 2 is 0.982 bits per heavy atom. The maximum atomic E-state index is 12.6. The van der Waals surface area contributed by atoms with E-state index in [4.69, 9.17) is 11.5 Å². The standard InChI is InChI=1S/C13H15F6N.2C9H10F3N.C9H13N/c1-2-3-4-11(20)8-5-9(12(14,15)16)7-10(6-8)13(17,18)19;1-2-13-8-5-3-7(4-6-8)9(10,11)12;1-2-13-8-5-3-4-7(6-8)9(10,11)12;1-7-3-5-9(6-4-7)8(2)10/h5-7,11H,2-4,20H2,1H3;2*3-6,13H,2H2,1H3;3-6,8H,10H2,1-2H3. The quantitative estimate of drug-likeness (QED) is 0.127. The van der Waals surface area contributed by atoms with Crippen LogP contribution in [0.1, 0.15) is 98.0 Å². The maximum absolute atomic E-state index is 12.6. The zero-order valence-electron chi connectivity index (χ0n) is 31.5. The molecule has 0 aliphatic rings. The van der Waals surface area contributed by atoms with Crippen LogP contribution in [0.2, 0.25) is 0 Å². The number of hydrogen-bond acceptors (Lipinski definition) is 4. The molecule has 2 unspecified atom stereocenters. The first kappa shape index (κ1) is 49.6. The number of alkyl halides is 12. The van der Waals surface area contributed by atoms with Crippen molar-refractivity contribution in [2.75, 3.05) is 23.7 Å². The molecule has 4 aromatic rings. The normalized spacial score (nSPS) is 12.8. The van der Waals surface area contributed by atoms with Gasteiger partial charge in [-0.2, -0.15) is 52.7 Å². The third kappa shape index (κ3) is 18.5. The van der Waals surface area contributed by atoms with E-state index in [9.17, 15) is 52.7 Å². The topological polar surface area (TPSA) is 76.1 Å². The highest BCUT2D eigenvalue weighted by Crippen LogP contribution is 2.38. The number of nitrogens with one attached hydrogen (secondary N) is 2. The molecule has 4 rings (SSSR count). The summed E-state index contributed by atoms with van der Waals surface area (Å²) in [5.41, 5.74) is 11.0. The van der Waals surface area contributed by atoms with Gasteiger partial charge in [-0.3, -0.25) is 0 Å². The summed E-state index contributed by atoms with van der Waals surface area (Å²) >= 11 is 0. The molecule has 0 amide bonds. The summed E-state index contributed by atoms with van der Waals surface area (Å²) in [5.74, 6) is 0. The summed E-state index contributed by atoms with van der Waals surface area (Å²) in [6.45, 7) is 11.0. The van der Waals surface area contributed by atoms with Crippen LogP contribution >= 0.6 is 0 Å². The zero-order chi connectivity index (χ0) is 42.9. The van der Waals surface area contributed by atoms with E-state index < -0.39 is 53.0 Å². The molecular weight excluding hydrogens is 764 g/mol. The van der Waals surface area contributed by atoms with Crippen LogP contribution in [-0.4, -0.2) is 13.1 Å².